The molecule has 5 heteroatoms. The fourth-order valence-corrected chi connectivity index (χ4v) is 10.1. The Balaban J connectivity index is 2.10. The third kappa shape index (κ3) is 4.37. The van der Waals surface area contributed by atoms with E-state index in [2.05, 4.69) is 12.1 Å². The third-order valence-electron chi connectivity index (χ3n) is 5.93. The average molecular weight is 471 g/mol. The van der Waals surface area contributed by atoms with Crippen LogP contribution in [0.5, 0.6) is 0 Å². The van der Waals surface area contributed by atoms with Gasteiger partial charge in [0.1, 0.15) is 0 Å². The van der Waals surface area contributed by atoms with E-state index >= 15 is 0 Å². The number of hydrogen-bond acceptors (Lipinski definition) is 4. The Kier molecular flexibility index (Phi) is 6.90. The van der Waals surface area contributed by atoms with Gasteiger partial charge in [-0.3, -0.25) is 0 Å². The zero-order valence-electron chi connectivity index (χ0n) is 19.0. The van der Waals surface area contributed by atoms with Gasteiger partial charge in [-0.2, -0.15) is 0 Å². The van der Waals surface area contributed by atoms with E-state index < -0.39 is 25.4 Å². The molecule has 0 saturated heterocycles. The minimum atomic E-state index is -3.92. The van der Waals surface area contributed by atoms with E-state index in [0.29, 0.717) is 6.16 Å². The molecule has 0 aliphatic heterocycles. The molecule has 4 nitrogen and oxygen atoms in total. The van der Waals surface area contributed by atoms with Crippen LogP contribution < -0.4 is 15.9 Å². The van der Waals surface area contributed by atoms with Crippen molar-refractivity contribution in [1.82, 2.24) is 0 Å². The van der Waals surface area contributed by atoms with Crippen molar-refractivity contribution in [2.24, 2.45) is 0 Å². The number of ether oxygens (including phenoxy) is 1. The summed E-state index contributed by atoms with van der Waals surface area (Å²) in [5.74, 6) is -1.11. The second-order valence-electron chi connectivity index (χ2n) is 8.11. The molecular formula is C29H27O4P. The molecule has 0 amide bonds. The van der Waals surface area contributed by atoms with Gasteiger partial charge in [-0.05, 0) is 0 Å². The van der Waals surface area contributed by atoms with Gasteiger partial charge >= 0.3 is 200 Å². The van der Waals surface area contributed by atoms with E-state index in [4.69, 9.17) is 9.26 Å². The molecule has 0 atom stereocenters. The second kappa shape index (κ2) is 10.0. The normalized spacial score (nSPS) is 12.2. The van der Waals surface area contributed by atoms with Crippen molar-refractivity contribution in [3.8, 4) is 0 Å². The molecule has 0 fully saturated rings. The second-order valence-corrected chi connectivity index (χ2v) is 12.6. The molecule has 0 bridgehead atoms. The van der Waals surface area contributed by atoms with Gasteiger partial charge in [0.2, 0.25) is 0 Å². The van der Waals surface area contributed by atoms with Crippen molar-refractivity contribution in [3.63, 3.8) is 0 Å². The van der Waals surface area contributed by atoms with E-state index in [-0.39, 0.29) is 0 Å². The van der Waals surface area contributed by atoms with Crippen molar-refractivity contribution in [2.45, 2.75) is 13.1 Å². The molecule has 4 rings (SSSR count). The van der Waals surface area contributed by atoms with Crippen molar-refractivity contribution >= 4 is 34.7 Å². The van der Waals surface area contributed by atoms with Crippen LogP contribution in [0, 0.1) is 0 Å². The standard InChI is InChI=1S/C29H27O4P/c1-24(30)32-22-29(31)33-34(26-16-8-3-9-17-26,27-18-10-4-11-19-27,28-20-12-5-13-21-28)23-25-14-6-2-7-15-25/h2-21H,22-23H2,1H3. The van der Waals surface area contributed by atoms with Crippen LogP contribution >= 0.6 is 6.83 Å². The fourth-order valence-electron chi connectivity index (χ4n) is 4.48. The van der Waals surface area contributed by atoms with E-state index in [9.17, 15) is 9.59 Å². The predicted octanol–water partition coefficient (Wildman–Crippen LogP) is 4.74. The number of carbonyl (C=O) groups excluding carboxylic acids is 2. The van der Waals surface area contributed by atoms with Crippen LogP contribution in [-0.4, -0.2) is 18.5 Å². The molecule has 4 aromatic carbocycles. The van der Waals surface area contributed by atoms with Crippen molar-refractivity contribution in [1.29, 1.82) is 0 Å². The molecule has 0 unspecified atom stereocenters. The van der Waals surface area contributed by atoms with Crippen LogP contribution in [0.1, 0.15) is 12.5 Å². The predicted molar refractivity (Wildman–Crippen MR) is 138 cm³/mol. The molecule has 0 radical (unpaired) electrons. The molecule has 0 saturated carbocycles. The van der Waals surface area contributed by atoms with E-state index in [1.807, 2.05) is 109 Å². The summed E-state index contributed by atoms with van der Waals surface area (Å²) in [7, 11) is 0. The summed E-state index contributed by atoms with van der Waals surface area (Å²) in [6, 6.07) is 39.9. The number of benzene rings is 4. The van der Waals surface area contributed by atoms with Gasteiger partial charge in [-0.15, -0.1) is 0 Å². The van der Waals surface area contributed by atoms with Crippen LogP contribution in [-0.2, 0) is 25.0 Å². The Morgan fingerprint density at radius 2 is 1.00 bits per heavy atom. The van der Waals surface area contributed by atoms with E-state index in [0.717, 1.165) is 21.5 Å². The van der Waals surface area contributed by atoms with Gasteiger partial charge < -0.3 is 0 Å². The zero-order valence-corrected chi connectivity index (χ0v) is 19.9. The Hall–Kier alpha value is -3.75. The molecule has 0 aliphatic carbocycles. The van der Waals surface area contributed by atoms with Gasteiger partial charge in [-0.1, -0.05) is 0 Å². The Morgan fingerprint density at radius 1 is 0.618 bits per heavy atom. The Morgan fingerprint density at radius 3 is 1.38 bits per heavy atom. The Labute approximate surface area is 200 Å². The van der Waals surface area contributed by atoms with Crippen molar-refractivity contribution in [3.05, 3.63) is 127 Å². The molecule has 0 aliphatic rings. The molecule has 0 heterocycles. The first-order chi connectivity index (χ1) is 16.5. The average Bonchev–Trinajstić information content (AvgIpc) is 2.89. The van der Waals surface area contributed by atoms with Crippen molar-refractivity contribution in [2.75, 3.05) is 6.61 Å². The number of carbonyl (C=O) groups is 2. The molecule has 0 N–H and O–H groups in total. The van der Waals surface area contributed by atoms with Gasteiger partial charge in [0.25, 0.3) is 0 Å². The topological polar surface area (TPSA) is 52.6 Å². The third-order valence-corrected chi connectivity index (χ3v) is 11.7. The summed E-state index contributed by atoms with van der Waals surface area (Å²) in [5.41, 5.74) is 1.04. The van der Waals surface area contributed by atoms with E-state index in [1.165, 1.54) is 6.92 Å². The van der Waals surface area contributed by atoms with Crippen LogP contribution in [0.4, 0.5) is 0 Å². The minimum absolute atomic E-state index is 0.450. The summed E-state index contributed by atoms with van der Waals surface area (Å²) >= 11 is 0. The summed E-state index contributed by atoms with van der Waals surface area (Å²) in [5, 5.41) is 2.77. The number of hydrogen-bond donors (Lipinski definition) is 0. The van der Waals surface area contributed by atoms with Gasteiger partial charge in [-0.25, -0.2) is 0 Å². The summed E-state index contributed by atoms with van der Waals surface area (Å²) < 4.78 is 11.8. The number of esters is 1. The monoisotopic (exact) mass is 470 g/mol. The molecule has 0 aromatic heterocycles. The number of rotatable bonds is 8. The van der Waals surface area contributed by atoms with Crippen LogP contribution in [0.15, 0.2) is 121 Å². The van der Waals surface area contributed by atoms with Gasteiger partial charge in [0.15, 0.2) is 0 Å². The fraction of sp³-hybridized carbons (Fsp3) is 0.103. The van der Waals surface area contributed by atoms with Gasteiger partial charge in [0, 0.05) is 0 Å². The SMILES string of the molecule is CC(=O)OCC(=O)OP(Cc1ccccc1)(c1ccccc1)(c1ccccc1)c1ccccc1. The zero-order chi connectivity index (χ0) is 23.9. The molecule has 172 valence electrons. The molecular weight excluding hydrogens is 443 g/mol. The maximum atomic E-state index is 13.4. The quantitative estimate of drug-likeness (QED) is 0.276. The van der Waals surface area contributed by atoms with Crippen LogP contribution in [0.25, 0.3) is 0 Å². The van der Waals surface area contributed by atoms with E-state index in [1.54, 1.807) is 0 Å². The first-order valence-electron chi connectivity index (χ1n) is 11.1. The molecule has 4 aromatic rings. The molecule has 0 spiro atoms. The van der Waals surface area contributed by atoms with Gasteiger partial charge in [0.05, 0.1) is 0 Å². The van der Waals surface area contributed by atoms with Crippen molar-refractivity contribution < 1.29 is 18.8 Å². The maximum absolute atomic E-state index is 13.4. The van der Waals surface area contributed by atoms with Crippen LogP contribution in [0.2, 0.25) is 0 Å². The Bertz CT molecular complexity index is 1140. The first-order valence-corrected chi connectivity index (χ1v) is 13.5. The summed E-state index contributed by atoms with van der Waals surface area (Å²) in [6.07, 6.45) is 0.469. The van der Waals surface area contributed by atoms with Crippen LogP contribution in [0.3, 0.4) is 0 Å². The summed E-state index contributed by atoms with van der Waals surface area (Å²) in [6.45, 7) is -3.09. The molecule has 34 heavy (non-hydrogen) atoms. The summed E-state index contributed by atoms with van der Waals surface area (Å²) in [4.78, 5) is 24.9. The first kappa shape index (κ1) is 23.4.